The number of nitrogens with one attached hydrogen (secondary N) is 1. The molecular weight excluding hydrogens is 319 g/mol. The zero-order chi connectivity index (χ0) is 18.0. The molecule has 5 heteroatoms. The Morgan fingerprint density at radius 1 is 1.12 bits per heavy atom. The zero-order valence-electron chi connectivity index (χ0n) is 14.3. The Morgan fingerprint density at radius 3 is 2.36 bits per heavy atom. The highest BCUT2D eigenvalue weighted by Gasteiger charge is 2.33. The fraction of sp³-hybridized carbons (Fsp3) is 0.300. The maximum Gasteiger partial charge on any atom is 0.251 e. The highest BCUT2D eigenvalue weighted by atomic mass is 19.1. The normalized spacial score (nSPS) is 17.2. The third-order valence-corrected chi connectivity index (χ3v) is 4.49. The largest absolute Gasteiger partial charge is 0.340 e. The predicted molar refractivity (Wildman–Crippen MR) is 95.2 cm³/mol. The summed E-state index contributed by atoms with van der Waals surface area (Å²) in [6, 6.07) is 12.7. The predicted octanol–water partition coefficient (Wildman–Crippen LogP) is 3.48. The smallest absolute Gasteiger partial charge is 0.251 e. The minimum atomic E-state index is -0.553. The van der Waals surface area contributed by atoms with Crippen LogP contribution in [0.1, 0.15) is 42.1 Å². The molecule has 1 N–H and O–H groups in total. The highest BCUT2D eigenvalue weighted by Crippen LogP contribution is 2.22. The van der Waals surface area contributed by atoms with E-state index in [1.165, 1.54) is 12.1 Å². The van der Waals surface area contributed by atoms with Gasteiger partial charge >= 0.3 is 0 Å². The first-order valence-corrected chi connectivity index (χ1v) is 8.43. The summed E-state index contributed by atoms with van der Waals surface area (Å²) in [6.45, 7) is 4.69. The van der Waals surface area contributed by atoms with Crippen LogP contribution in [0.5, 0.6) is 0 Å². The quantitative estimate of drug-likeness (QED) is 0.926. The summed E-state index contributed by atoms with van der Waals surface area (Å²) >= 11 is 0. The number of halogens is 1. The van der Waals surface area contributed by atoms with Gasteiger partial charge in [-0.05, 0) is 54.3 Å². The highest BCUT2D eigenvalue weighted by molar-refractivity contribution is 6.03. The van der Waals surface area contributed by atoms with Crippen LogP contribution in [0.3, 0.4) is 0 Å². The first-order chi connectivity index (χ1) is 12.0. The van der Waals surface area contributed by atoms with E-state index in [9.17, 15) is 14.0 Å². The van der Waals surface area contributed by atoms with Crippen LogP contribution in [0.4, 0.5) is 10.1 Å². The zero-order valence-corrected chi connectivity index (χ0v) is 14.3. The van der Waals surface area contributed by atoms with Crippen molar-refractivity contribution in [1.82, 2.24) is 5.32 Å². The van der Waals surface area contributed by atoms with Crippen LogP contribution in [0.2, 0.25) is 0 Å². The molecule has 1 aliphatic rings. The van der Waals surface area contributed by atoms with Crippen molar-refractivity contribution in [3.05, 3.63) is 65.5 Å². The second-order valence-electron chi connectivity index (χ2n) is 6.56. The lowest BCUT2D eigenvalue weighted by Crippen LogP contribution is -2.41. The van der Waals surface area contributed by atoms with Gasteiger partial charge < -0.3 is 10.2 Å². The third kappa shape index (κ3) is 3.71. The number of amides is 2. The monoisotopic (exact) mass is 340 g/mol. The van der Waals surface area contributed by atoms with Gasteiger partial charge in [0.05, 0.1) is 0 Å². The van der Waals surface area contributed by atoms with Crippen molar-refractivity contribution < 1.29 is 14.0 Å². The average Bonchev–Trinajstić information content (AvgIpc) is 2.96. The lowest BCUT2D eigenvalue weighted by molar-refractivity contribution is -0.118. The summed E-state index contributed by atoms with van der Waals surface area (Å²) in [5.74, 6) is -0.365. The van der Waals surface area contributed by atoms with E-state index in [0.717, 1.165) is 5.56 Å². The first-order valence-electron chi connectivity index (χ1n) is 8.43. The molecule has 1 heterocycles. The average molecular weight is 340 g/mol. The number of nitrogens with zero attached hydrogens (tertiary/aromatic N) is 1. The van der Waals surface area contributed by atoms with Crippen LogP contribution in [-0.2, 0) is 4.79 Å². The van der Waals surface area contributed by atoms with Crippen LogP contribution >= 0.6 is 0 Å². The maximum atomic E-state index is 13.0. The van der Waals surface area contributed by atoms with Gasteiger partial charge in [-0.2, -0.15) is 0 Å². The van der Waals surface area contributed by atoms with E-state index in [1.807, 2.05) is 12.1 Å². The Labute approximate surface area is 146 Å². The summed E-state index contributed by atoms with van der Waals surface area (Å²) in [5, 5.41) is 2.80. The molecule has 0 radical (unpaired) electrons. The molecule has 130 valence electrons. The number of carbonyl (C=O) groups excluding carboxylic acids is 2. The van der Waals surface area contributed by atoms with Gasteiger partial charge in [0.25, 0.3) is 5.91 Å². The molecule has 1 fully saturated rings. The number of hydrogen-bond donors (Lipinski definition) is 1. The van der Waals surface area contributed by atoms with Crippen molar-refractivity contribution >= 4 is 17.5 Å². The SMILES string of the molecule is CC(C)c1ccc(C(=O)N[C@@H]2CCN(c3ccc(F)cc3)C2=O)cc1. The molecule has 0 saturated carbocycles. The van der Waals surface area contributed by atoms with Gasteiger partial charge in [-0.3, -0.25) is 9.59 Å². The Bertz CT molecular complexity index is 769. The summed E-state index contributed by atoms with van der Waals surface area (Å²) in [5.41, 5.74) is 2.35. The maximum absolute atomic E-state index is 13.0. The summed E-state index contributed by atoms with van der Waals surface area (Å²) in [6.07, 6.45) is 0.534. The van der Waals surface area contributed by atoms with E-state index in [0.29, 0.717) is 30.1 Å². The van der Waals surface area contributed by atoms with E-state index in [-0.39, 0.29) is 17.6 Å². The molecule has 2 amide bonds. The first kappa shape index (κ1) is 17.1. The van der Waals surface area contributed by atoms with Gasteiger partial charge in [0.2, 0.25) is 5.91 Å². The number of rotatable bonds is 4. The molecule has 4 nitrogen and oxygen atoms in total. The van der Waals surface area contributed by atoms with Crippen molar-refractivity contribution in [2.75, 3.05) is 11.4 Å². The second-order valence-corrected chi connectivity index (χ2v) is 6.56. The van der Waals surface area contributed by atoms with Crippen LogP contribution < -0.4 is 10.2 Å². The number of benzene rings is 2. The Kier molecular flexibility index (Phi) is 4.83. The molecule has 0 unspecified atom stereocenters. The summed E-state index contributed by atoms with van der Waals surface area (Å²) in [4.78, 5) is 26.5. The standard InChI is InChI=1S/C20H21FN2O2/c1-13(2)14-3-5-15(6-4-14)19(24)22-18-11-12-23(20(18)25)17-9-7-16(21)8-10-17/h3-10,13,18H,11-12H2,1-2H3,(H,22,24)/t18-/m1/s1. The molecule has 0 aromatic heterocycles. The summed E-state index contributed by atoms with van der Waals surface area (Å²) < 4.78 is 13.0. The van der Waals surface area contributed by atoms with Gasteiger partial charge in [-0.1, -0.05) is 26.0 Å². The minimum Gasteiger partial charge on any atom is -0.340 e. The van der Waals surface area contributed by atoms with Gasteiger partial charge in [0.1, 0.15) is 11.9 Å². The Hall–Kier alpha value is -2.69. The van der Waals surface area contributed by atoms with Crippen molar-refractivity contribution in [3.8, 4) is 0 Å². The van der Waals surface area contributed by atoms with E-state index in [1.54, 1.807) is 29.2 Å². The van der Waals surface area contributed by atoms with Crippen molar-refractivity contribution in [2.45, 2.75) is 32.2 Å². The molecule has 0 spiro atoms. The van der Waals surface area contributed by atoms with Crippen molar-refractivity contribution in [2.24, 2.45) is 0 Å². The van der Waals surface area contributed by atoms with E-state index < -0.39 is 6.04 Å². The van der Waals surface area contributed by atoms with Crippen LogP contribution in [0.15, 0.2) is 48.5 Å². The molecule has 0 aliphatic carbocycles. The topological polar surface area (TPSA) is 49.4 Å². The van der Waals surface area contributed by atoms with Crippen LogP contribution in [-0.4, -0.2) is 24.4 Å². The van der Waals surface area contributed by atoms with Gasteiger partial charge in [0, 0.05) is 17.8 Å². The molecule has 1 saturated heterocycles. The Morgan fingerprint density at radius 2 is 1.76 bits per heavy atom. The van der Waals surface area contributed by atoms with E-state index >= 15 is 0 Å². The van der Waals surface area contributed by atoms with E-state index in [2.05, 4.69) is 19.2 Å². The molecule has 1 aliphatic heterocycles. The third-order valence-electron chi connectivity index (χ3n) is 4.49. The lowest BCUT2D eigenvalue weighted by atomic mass is 10.0. The molecule has 25 heavy (non-hydrogen) atoms. The van der Waals surface area contributed by atoms with Crippen molar-refractivity contribution in [3.63, 3.8) is 0 Å². The molecule has 0 bridgehead atoms. The molecule has 2 aromatic carbocycles. The van der Waals surface area contributed by atoms with Crippen molar-refractivity contribution in [1.29, 1.82) is 0 Å². The van der Waals surface area contributed by atoms with E-state index in [4.69, 9.17) is 0 Å². The van der Waals surface area contributed by atoms with Crippen LogP contribution in [0, 0.1) is 5.82 Å². The lowest BCUT2D eigenvalue weighted by Gasteiger charge is -2.17. The summed E-state index contributed by atoms with van der Waals surface area (Å²) in [7, 11) is 0. The molecular formula is C20H21FN2O2. The molecule has 2 aromatic rings. The molecule has 1 atom stereocenters. The number of anilines is 1. The fourth-order valence-corrected chi connectivity index (χ4v) is 2.95. The number of hydrogen-bond acceptors (Lipinski definition) is 2. The number of carbonyl (C=O) groups is 2. The fourth-order valence-electron chi connectivity index (χ4n) is 2.95. The second kappa shape index (κ2) is 7.05. The minimum absolute atomic E-state index is 0.168. The molecule has 3 rings (SSSR count). The van der Waals surface area contributed by atoms with Gasteiger partial charge in [-0.25, -0.2) is 4.39 Å². The van der Waals surface area contributed by atoms with Gasteiger partial charge in [-0.15, -0.1) is 0 Å². The Balaban J connectivity index is 1.66. The van der Waals surface area contributed by atoms with Gasteiger partial charge in [0.15, 0.2) is 0 Å². The van der Waals surface area contributed by atoms with Crippen LogP contribution in [0.25, 0.3) is 0 Å².